The van der Waals surface area contributed by atoms with Crippen molar-refractivity contribution in [2.45, 2.75) is 38.4 Å². The van der Waals surface area contributed by atoms with Crippen LogP contribution < -0.4 is 10.2 Å². The predicted octanol–water partition coefficient (Wildman–Crippen LogP) is 3.67. The molecule has 112 valence electrons. The van der Waals surface area contributed by atoms with Gasteiger partial charge in [0.1, 0.15) is 0 Å². The second-order valence-corrected chi connectivity index (χ2v) is 5.29. The van der Waals surface area contributed by atoms with Crippen LogP contribution in [-0.4, -0.2) is 25.7 Å². The summed E-state index contributed by atoms with van der Waals surface area (Å²) in [6, 6.07) is 6.00. The molecule has 0 spiro atoms. The summed E-state index contributed by atoms with van der Waals surface area (Å²) in [6.07, 6.45) is -1.19. The summed E-state index contributed by atoms with van der Waals surface area (Å²) in [6.45, 7) is 4.63. The molecule has 2 rings (SSSR count). The minimum Gasteiger partial charge on any atom is -0.370 e. The van der Waals surface area contributed by atoms with Gasteiger partial charge in [0.15, 0.2) is 0 Å². The van der Waals surface area contributed by atoms with Crippen molar-refractivity contribution in [3.05, 3.63) is 29.8 Å². The Hall–Kier alpha value is -1.23. The summed E-state index contributed by atoms with van der Waals surface area (Å²) in [7, 11) is 0. The lowest BCUT2D eigenvalue weighted by Gasteiger charge is -2.27. The molecule has 5 heteroatoms. The van der Waals surface area contributed by atoms with Crippen molar-refractivity contribution in [1.82, 2.24) is 5.32 Å². The van der Waals surface area contributed by atoms with E-state index in [1.807, 2.05) is 0 Å². The number of nitrogens with one attached hydrogen (secondary N) is 1. The number of halogens is 3. The van der Waals surface area contributed by atoms with Crippen molar-refractivity contribution >= 4 is 5.69 Å². The maximum atomic E-state index is 12.8. The highest BCUT2D eigenvalue weighted by Crippen LogP contribution is 2.31. The van der Waals surface area contributed by atoms with Crippen LogP contribution in [0.5, 0.6) is 0 Å². The first-order valence-corrected chi connectivity index (χ1v) is 7.16. The molecule has 0 aliphatic carbocycles. The number of nitrogens with zero attached hydrogens (tertiary/aromatic N) is 1. The molecule has 1 saturated heterocycles. The van der Waals surface area contributed by atoms with Gasteiger partial charge in [-0.15, -0.1) is 0 Å². The molecule has 0 radical (unpaired) electrons. The number of hydrogen-bond acceptors (Lipinski definition) is 2. The van der Waals surface area contributed by atoms with Gasteiger partial charge in [-0.1, -0.05) is 19.4 Å². The van der Waals surface area contributed by atoms with Gasteiger partial charge in [-0.2, -0.15) is 13.2 Å². The molecule has 1 N–H and O–H groups in total. The van der Waals surface area contributed by atoms with E-state index in [0.717, 1.165) is 45.0 Å². The SMILES string of the molecule is CCCC1CN(c2cccc(C(F)(F)F)c2)CCCN1. The molecular formula is C15H21F3N2. The molecule has 1 aliphatic rings. The molecule has 20 heavy (non-hydrogen) atoms. The topological polar surface area (TPSA) is 15.3 Å². The third-order valence-electron chi connectivity index (χ3n) is 3.65. The van der Waals surface area contributed by atoms with Crippen molar-refractivity contribution in [2.75, 3.05) is 24.5 Å². The fourth-order valence-corrected chi connectivity index (χ4v) is 2.65. The van der Waals surface area contributed by atoms with E-state index in [9.17, 15) is 13.2 Å². The standard InChI is InChI=1S/C15H21F3N2/c1-2-5-13-11-20(9-4-8-19-13)14-7-3-6-12(10-14)15(16,17)18/h3,6-7,10,13,19H,2,4-5,8-9,11H2,1H3. The number of anilines is 1. The lowest BCUT2D eigenvalue weighted by atomic mass is 10.1. The van der Waals surface area contributed by atoms with Gasteiger partial charge in [0.2, 0.25) is 0 Å². The Labute approximate surface area is 118 Å². The molecule has 0 bridgehead atoms. The summed E-state index contributed by atoms with van der Waals surface area (Å²) >= 11 is 0. The van der Waals surface area contributed by atoms with Crippen molar-refractivity contribution in [3.8, 4) is 0 Å². The van der Waals surface area contributed by atoms with E-state index in [1.165, 1.54) is 12.1 Å². The molecule has 1 aliphatic heterocycles. The second-order valence-electron chi connectivity index (χ2n) is 5.29. The van der Waals surface area contributed by atoms with E-state index >= 15 is 0 Å². The predicted molar refractivity (Wildman–Crippen MR) is 75.0 cm³/mol. The van der Waals surface area contributed by atoms with Gasteiger partial charge in [0.25, 0.3) is 0 Å². The molecular weight excluding hydrogens is 265 g/mol. The quantitative estimate of drug-likeness (QED) is 0.912. The monoisotopic (exact) mass is 286 g/mol. The van der Waals surface area contributed by atoms with Crippen LogP contribution in [0.4, 0.5) is 18.9 Å². The summed E-state index contributed by atoms with van der Waals surface area (Å²) in [5, 5.41) is 3.46. The fraction of sp³-hybridized carbons (Fsp3) is 0.600. The summed E-state index contributed by atoms with van der Waals surface area (Å²) in [5.41, 5.74) is 0.101. The first-order chi connectivity index (χ1) is 9.50. The van der Waals surface area contributed by atoms with E-state index < -0.39 is 11.7 Å². The Kier molecular flexibility index (Phi) is 4.91. The van der Waals surface area contributed by atoms with Crippen LogP contribution in [0.3, 0.4) is 0 Å². The van der Waals surface area contributed by atoms with Gasteiger partial charge in [-0.25, -0.2) is 0 Å². The zero-order chi connectivity index (χ0) is 14.6. The minimum atomic E-state index is -4.27. The van der Waals surface area contributed by atoms with Gasteiger partial charge in [0.05, 0.1) is 5.56 Å². The molecule has 1 heterocycles. The van der Waals surface area contributed by atoms with Crippen molar-refractivity contribution < 1.29 is 13.2 Å². The van der Waals surface area contributed by atoms with E-state index in [4.69, 9.17) is 0 Å². The zero-order valence-corrected chi connectivity index (χ0v) is 11.7. The Balaban J connectivity index is 2.16. The number of benzene rings is 1. The van der Waals surface area contributed by atoms with Gasteiger partial charge < -0.3 is 10.2 Å². The molecule has 0 aromatic heterocycles. The van der Waals surface area contributed by atoms with E-state index in [-0.39, 0.29) is 0 Å². The second kappa shape index (κ2) is 6.48. The van der Waals surface area contributed by atoms with Crippen molar-refractivity contribution in [2.24, 2.45) is 0 Å². The third kappa shape index (κ3) is 3.88. The van der Waals surface area contributed by atoms with Crippen LogP contribution in [0.2, 0.25) is 0 Å². The third-order valence-corrected chi connectivity index (χ3v) is 3.65. The molecule has 1 unspecified atom stereocenters. The van der Waals surface area contributed by atoms with Gasteiger partial charge in [0, 0.05) is 24.8 Å². The molecule has 1 fully saturated rings. The molecule has 0 amide bonds. The smallest absolute Gasteiger partial charge is 0.370 e. The summed E-state index contributed by atoms with van der Waals surface area (Å²) in [5.74, 6) is 0. The molecule has 2 nitrogen and oxygen atoms in total. The highest BCUT2D eigenvalue weighted by atomic mass is 19.4. The maximum Gasteiger partial charge on any atom is 0.416 e. The highest BCUT2D eigenvalue weighted by Gasteiger charge is 2.31. The molecule has 0 saturated carbocycles. The average molecular weight is 286 g/mol. The van der Waals surface area contributed by atoms with Crippen molar-refractivity contribution in [1.29, 1.82) is 0 Å². The van der Waals surface area contributed by atoms with E-state index in [2.05, 4.69) is 17.1 Å². The molecule has 1 atom stereocenters. The first kappa shape index (κ1) is 15.2. The summed E-state index contributed by atoms with van der Waals surface area (Å²) < 4.78 is 38.3. The molecule has 1 aromatic carbocycles. The van der Waals surface area contributed by atoms with Gasteiger partial charge in [-0.05, 0) is 37.6 Å². The lowest BCUT2D eigenvalue weighted by molar-refractivity contribution is -0.137. The first-order valence-electron chi connectivity index (χ1n) is 7.16. The number of rotatable bonds is 3. The zero-order valence-electron chi connectivity index (χ0n) is 11.7. The Morgan fingerprint density at radius 3 is 2.85 bits per heavy atom. The number of hydrogen-bond donors (Lipinski definition) is 1. The van der Waals surface area contributed by atoms with Crippen LogP contribution in [-0.2, 0) is 6.18 Å². The lowest BCUT2D eigenvalue weighted by Crippen LogP contribution is -2.37. The van der Waals surface area contributed by atoms with Crippen molar-refractivity contribution in [3.63, 3.8) is 0 Å². The summed E-state index contributed by atoms with van der Waals surface area (Å²) in [4.78, 5) is 2.07. The average Bonchev–Trinajstić information content (AvgIpc) is 2.64. The fourth-order valence-electron chi connectivity index (χ4n) is 2.65. The number of alkyl halides is 3. The Morgan fingerprint density at radius 2 is 2.15 bits per heavy atom. The van der Waals surface area contributed by atoms with Crippen LogP contribution in [0.15, 0.2) is 24.3 Å². The van der Waals surface area contributed by atoms with Crippen LogP contribution in [0, 0.1) is 0 Å². The van der Waals surface area contributed by atoms with Gasteiger partial charge >= 0.3 is 6.18 Å². The van der Waals surface area contributed by atoms with Crippen LogP contribution in [0.25, 0.3) is 0 Å². The minimum absolute atomic E-state index is 0.358. The van der Waals surface area contributed by atoms with Gasteiger partial charge in [-0.3, -0.25) is 0 Å². The van der Waals surface area contributed by atoms with E-state index in [1.54, 1.807) is 6.07 Å². The maximum absolute atomic E-state index is 12.8. The Bertz CT molecular complexity index is 431. The molecule has 1 aromatic rings. The van der Waals surface area contributed by atoms with Crippen LogP contribution in [0.1, 0.15) is 31.7 Å². The Morgan fingerprint density at radius 1 is 1.35 bits per heavy atom. The highest BCUT2D eigenvalue weighted by molar-refractivity contribution is 5.49. The van der Waals surface area contributed by atoms with Crippen LogP contribution >= 0.6 is 0 Å². The largest absolute Gasteiger partial charge is 0.416 e. The van der Waals surface area contributed by atoms with E-state index in [0.29, 0.717) is 11.7 Å². The normalized spacial score (nSPS) is 20.8.